The number of morpholine rings is 1. The smallest absolute Gasteiger partial charge is 0.383 e. The quantitative estimate of drug-likeness (QED) is 0.581. The van der Waals surface area contributed by atoms with Crippen molar-refractivity contribution in [2.24, 2.45) is 5.73 Å². The summed E-state index contributed by atoms with van der Waals surface area (Å²) in [5.41, 5.74) is 4.08. The summed E-state index contributed by atoms with van der Waals surface area (Å²) >= 11 is 0. The first-order chi connectivity index (χ1) is 16.0. The van der Waals surface area contributed by atoms with E-state index in [1.54, 1.807) is 13.8 Å². The maximum atomic E-state index is 13.7. The summed E-state index contributed by atoms with van der Waals surface area (Å²) in [6.45, 7) is 7.53. The number of ether oxygens (including phenoxy) is 1. The standard InChI is InChI=1S/C22H27F3N6O3/c1-21(2)12-16-17(20(33)28-21)18(22(23,24)25)29-31(16)13-3-4-14(19(26)32)15(11-13)27-5-6-30-7-9-34-10-8-30/h3-4,11,27H,5-10,12H2,1-2H3,(H2,26,32)(H,28,33). The molecule has 0 unspecified atom stereocenters. The molecule has 34 heavy (non-hydrogen) atoms. The molecule has 0 radical (unpaired) electrons. The molecule has 2 aliphatic rings. The highest BCUT2D eigenvalue weighted by Crippen LogP contribution is 2.37. The zero-order chi connectivity index (χ0) is 24.7. The van der Waals surface area contributed by atoms with Crippen LogP contribution in [0.4, 0.5) is 18.9 Å². The minimum Gasteiger partial charge on any atom is -0.383 e. The highest BCUT2D eigenvalue weighted by molar-refractivity contribution is 5.99. The van der Waals surface area contributed by atoms with Crippen LogP contribution in [0.1, 0.15) is 46.0 Å². The fourth-order valence-electron chi connectivity index (χ4n) is 4.30. The Kier molecular flexibility index (Phi) is 6.30. The highest BCUT2D eigenvalue weighted by atomic mass is 19.4. The number of nitrogens with one attached hydrogen (secondary N) is 2. The number of hydrogen-bond donors (Lipinski definition) is 3. The lowest BCUT2D eigenvalue weighted by Gasteiger charge is -2.31. The topological polar surface area (TPSA) is 115 Å². The second-order valence-electron chi connectivity index (χ2n) is 9.07. The summed E-state index contributed by atoms with van der Waals surface area (Å²) in [7, 11) is 0. The van der Waals surface area contributed by atoms with Crippen molar-refractivity contribution < 1.29 is 27.5 Å². The number of carbonyl (C=O) groups is 2. The van der Waals surface area contributed by atoms with Crippen molar-refractivity contribution >= 4 is 17.5 Å². The lowest BCUT2D eigenvalue weighted by Crippen LogP contribution is -2.49. The predicted molar refractivity (Wildman–Crippen MR) is 118 cm³/mol. The molecule has 2 aromatic rings. The van der Waals surface area contributed by atoms with Gasteiger partial charge in [0.05, 0.1) is 35.7 Å². The SMILES string of the molecule is CC1(C)Cc2c(c(C(F)(F)F)nn2-c2ccc(C(N)=O)c(NCCN3CCOCC3)c2)C(=O)N1. The van der Waals surface area contributed by atoms with Gasteiger partial charge in [-0.15, -0.1) is 0 Å². The Bertz CT molecular complexity index is 1110. The van der Waals surface area contributed by atoms with Crippen LogP contribution in [0.15, 0.2) is 18.2 Å². The summed E-state index contributed by atoms with van der Waals surface area (Å²) in [5.74, 6) is -1.48. The predicted octanol–water partition coefficient (Wildman–Crippen LogP) is 1.80. The fourth-order valence-corrected chi connectivity index (χ4v) is 4.30. The molecule has 1 saturated heterocycles. The number of primary amides is 1. The van der Waals surface area contributed by atoms with E-state index in [4.69, 9.17) is 10.5 Å². The van der Waals surface area contributed by atoms with Crippen LogP contribution >= 0.6 is 0 Å². The molecule has 2 amide bonds. The van der Waals surface area contributed by atoms with Crippen LogP contribution in [0.3, 0.4) is 0 Å². The molecular formula is C22H27F3N6O3. The van der Waals surface area contributed by atoms with Gasteiger partial charge < -0.3 is 21.1 Å². The Hall–Kier alpha value is -3.12. The molecule has 1 aromatic carbocycles. The van der Waals surface area contributed by atoms with E-state index < -0.39 is 34.8 Å². The Morgan fingerprint density at radius 1 is 1.29 bits per heavy atom. The molecule has 0 bridgehead atoms. The number of benzene rings is 1. The number of fused-ring (bicyclic) bond motifs is 1. The largest absolute Gasteiger partial charge is 0.435 e. The minimum absolute atomic E-state index is 0.147. The average Bonchev–Trinajstić information content (AvgIpc) is 3.13. The second-order valence-corrected chi connectivity index (χ2v) is 9.07. The van der Waals surface area contributed by atoms with Crippen molar-refractivity contribution in [1.29, 1.82) is 0 Å². The Morgan fingerprint density at radius 3 is 2.65 bits per heavy atom. The summed E-state index contributed by atoms with van der Waals surface area (Å²) in [6.07, 6.45) is -4.66. The number of hydrogen-bond acceptors (Lipinski definition) is 6. The van der Waals surface area contributed by atoms with Gasteiger partial charge in [0.25, 0.3) is 11.8 Å². The fraction of sp³-hybridized carbons (Fsp3) is 0.500. The van der Waals surface area contributed by atoms with E-state index in [1.165, 1.54) is 18.2 Å². The molecule has 184 valence electrons. The number of amides is 2. The number of halogens is 3. The molecule has 12 heteroatoms. The van der Waals surface area contributed by atoms with Crippen LogP contribution in [0, 0.1) is 0 Å². The van der Waals surface area contributed by atoms with Gasteiger partial charge in [0.2, 0.25) is 0 Å². The molecule has 4 N–H and O–H groups in total. The van der Waals surface area contributed by atoms with Crippen molar-refractivity contribution in [3.8, 4) is 5.69 Å². The van der Waals surface area contributed by atoms with E-state index in [9.17, 15) is 22.8 Å². The normalized spacial score (nSPS) is 18.3. The van der Waals surface area contributed by atoms with Gasteiger partial charge in [-0.05, 0) is 32.0 Å². The van der Waals surface area contributed by atoms with E-state index in [1.807, 2.05) is 0 Å². The third kappa shape index (κ3) is 4.87. The molecule has 9 nitrogen and oxygen atoms in total. The summed E-state index contributed by atoms with van der Waals surface area (Å²) in [5, 5.41) is 9.56. The maximum absolute atomic E-state index is 13.7. The van der Waals surface area contributed by atoms with E-state index >= 15 is 0 Å². The number of anilines is 1. The second kappa shape index (κ2) is 8.91. The van der Waals surface area contributed by atoms with E-state index in [-0.39, 0.29) is 23.4 Å². The van der Waals surface area contributed by atoms with Gasteiger partial charge in [-0.2, -0.15) is 18.3 Å². The summed E-state index contributed by atoms with van der Waals surface area (Å²) in [4.78, 5) is 26.7. The lowest BCUT2D eigenvalue weighted by molar-refractivity contribution is -0.141. The molecule has 0 atom stereocenters. The van der Waals surface area contributed by atoms with Gasteiger partial charge in [-0.1, -0.05) is 0 Å². The zero-order valence-electron chi connectivity index (χ0n) is 19.0. The van der Waals surface area contributed by atoms with E-state index in [0.717, 1.165) is 17.8 Å². The minimum atomic E-state index is -4.81. The van der Waals surface area contributed by atoms with Crippen LogP contribution in [0.2, 0.25) is 0 Å². The van der Waals surface area contributed by atoms with Gasteiger partial charge in [-0.25, -0.2) is 4.68 Å². The molecule has 1 fully saturated rings. The van der Waals surface area contributed by atoms with Crippen LogP contribution in [0.25, 0.3) is 5.69 Å². The Balaban J connectivity index is 1.71. The third-order valence-electron chi connectivity index (χ3n) is 5.90. The number of rotatable bonds is 6. The lowest BCUT2D eigenvalue weighted by atomic mass is 9.90. The molecule has 2 aliphatic heterocycles. The van der Waals surface area contributed by atoms with Crippen LogP contribution in [-0.4, -0.2) is 71.4 Å². The third-order valence-corrected chi connectivity index (χ3v) is 5.90. The molecule has 4 rings (SSSR count). The van der Waals surface area contributed by atoms with Gasteiger partial charge in [0.1, 0.15) is 0 Å². The van der Waals surface area contributed by atoms with Gasteiger partial charge in [-0.3, -0.25) is 14.5 Å². The monoisotopic (exact) mass is 480 g/mol. The van der Waals surface area contributed by atoms with Gasteiger partial charge in [0.15, 0.2) is 5.69 Å². The molecule has 1 aromatic heterocycles. The first-order valence-corrected chi connectivity index (χ1v) is 11.0. The first kappa shape index (κ1) is 24.0. The summed E-state index contributed by atoms with van der Waals surface area (Å²) in [6, 6.07) is 4.46. The molecular weight excluding hydrogens is 453 g/mol. The first-order valence-electron chi connectivity index (χ1n) is 11.0. The zero-order valence-corrected chi connectivity index (χ0v) is 19.0. The highest BCUT2D eigenvalue weighted by Gasteiger charge is 2.45. The Morgan fingerprint density at radius 2 is 2.00 bits per heavy atom. The van der Waals surface area contributed by atoms with Crippen molar-refractivity contribution in [3.05, 3.63) is 40.7 Å². The van der Waals surface area contributed by atoms with Crippen molar-refractivity contribution in [2.75, 3.05) is 44.7 Å². The number of carbonyl (C=O) groups excluding carboxylic acids is 2. The molecule has 0 aliphatic carbocycles. The molecule has 0 saturated carbocycles. The molecule has 0 spiro atoms. The number of nitrogens with two attached hydrogens (primary N) is 1. The van der Waals surface area contributed by atoms with Crippen molar-refractivity contribution in [1.82, 2.24) is 20.0 Å². The maximum Gasteiger partial charge on any atom is 0.435 e. The van der Waals surface area contributed by atoms with Crippen LogP contribution in [-0.2, 0) is 17.3 Å². The number of aromatic nitrogens is 2. The average molecular weight is 480 g/mol. The Labute approximate surface area is 194 Å². The van der Waals surface area contributed by atoms with E-state index in [2.05, 4.69) is 20.6 Å². The molecule has 3 heterocycles. The van der Waals surface area contributed by atoms with Crippen LogP contribution in [0.5, 0.6) is 0 Å². The van der Waals surface area contributed by atoms with Crippen LogP contribution < -0.4 is 16.4 Å². The van der Waals surface area contributed by atoms with Gasteiger partial charge in [0, 0.05) is 43.8 Å². The summed E-state index contributed by atoms with van der Waals surface area (Å²) < 4.78 is 47.6. The van der Waals surface area contributed by atoms with E-state index in [0.29, 0.717) is 32.0 Å². The van der Waals surface area contributed by atoms with Gasteiger partial charge >= 0.3 is 6.18 Å². The van der Waals surface area contributed by atoms with Crippen molar-refractivity contribution in [2.45, 2.75) is 32.0 Å². The number of nitrogens with zero attached hydrogens (tertiary/aromatic N) is 3. The van der Waals surface area contributed by atoms with Crippen molar-refractivity contribution in [3.63, 3.8) is 0 Å². The number of alkyl halides is 3.